The molecule has 0 bridgehead atoms. The number of benzene rings is 1. The van der Waals surface area contributed by atoms with Crippen molar-refractivity contribution in [1.82, 2.24) is 20.2 Å². The number of nitrogens with one attached hydrogen (secondary N) is 1. The number of aromatic nitrogens is 4. The second-order valence-corrected chi connectivity index (χ2v) is 4.49. The topological polar surface area (TPSA) is 55.6 Å². The van der Waals surface area contributed by atoms with Gasteiger partial charge in [0.15, 0.2) is 0 Å². The van der Waals surface area contributed by atoms with E-state index < -0.39 is 0 Å². The highest BCUT2D eigenvalue weighted by Crippen LogP contribution is 2.15. The number of unbranched alkanes of at least 4 members (excludes halogenated alkanes) is 1. The van der Waals surface area contributed by atoms with Crippen LogP contribution >= 0.6 is 0 Å². The van der Waals surface area contributed by atoms with Gasteiger partial charge in [-0.05, 0) is 42.0 Å². The van der Waals surface area contributed by atoms with Crippen LogP contribution in [0.2, 0.25) is 0 Å². The lowest BCUT2D eigenvalue weighted by molar-refractivity contribution is 0.645. The summed E-state index contributed by atoms with van der Waals surface area (Å²) in [5.41, 5.74) is 2.07. The van der Waals surface area contributed by atoms with Crippen molar-refractivity contribution in [2.24, 2.45) is 0 Å². The predicted octanol–water partition coefficient (Wildman–Crippen LogP) is 2.65. The van der Waals surface area contributed by atoms with Gasteiger partial charge in [-0.15, -0.1) is 5.10 Å². The van der Waals surface area contributed by atoms with Crippen LogP contribution in [0.15, 0.2) is 30.6 Å². The molecule has 0 aliphatic heterocycles. The van der Waals surface area contributed by atoms with Crippen molar-refractivity contribution in [3.63, 3.8) is 0 Å². The minimum Gasteiger partial charge on any atom is -0.383 e. The summed E-state index contributed by atoms with van der Waals surface area (Å²) in [7, 11) is 0. The van der Waals surface area contributed by atoms with Crippen molar-refractivity contribution in [3.8, 4) is 5.69 Å². The molecule has 2 rings (SSSR count). The van der Waals surface area contributed by atoms with E-state index >= 15 is 0 Å². The monoisotopic (exact) mass is 245 g/mol. The Hall–Kier alpha value is -1.91. The van der Waals surface area contributed by atoms with Gasteiger partial charge in [0.1, 0.15) is 6.33 Å². The lowest BCUT2D eigenvalue weighted by atomic mass is 10.1. The Balaban J connectivity index is 2.03. The van der Waals surface area contributed by atoms with Gasteiger partial charge in [-0.2, -0.15) is 0 Å². The first-order valence-electron chi connectivity index (χ1n) is 6.39. The average Bonchev–Trinajstić information content (AvgIpc) is 2.90. The fourth-order valence-electron chi connectivity index (χ4n) is 1.88. The molecule has 96 valence electrons. The highest BCUT2D eigenvalue weighted by Gasteiger charge is 2.03. The molecule has 0 radical (unpaired) electrons. The molecule has 0 amide bonds. The molecule has 0 saturated carbocycles. The minimum absolute atomic E-state index is 0.481. The quantitative estimate of drug-likeness (QED) is 0.850. The summed E-state index contributed by atoms with van der Waals surface area (Å²) in [6.45, 7) is 4.42. The molecule has 1 atom stereocenters. The van der Waals surface area contributed by atoms with Crippen LogP contribution in [0.5, 0.6) is 0 Å². The van der Waals surface area contributed by atoms with E-state index in [0.29, 0.717) is 6.04 Å². The minimum atomic E-state index is 0.481. The standard InChI is InChI=1S/C13H19N5/c1-3-4-6-11(2)15-12-7-5-8-13(9-12)18-10-14-16-17-18/h5,7-11,15H,3-4,6H2,1-2H3. The molecule has 0 aliphatic rings. The maximum atomic E-state index is 3.88. The molecule has 1 N–H and O–H groups in total. The van der Waals surface area contributed by atoms with Crippen LogP contribution in [0.4, 0.5) is 5.69 Å². The molecular formula is C13H19N5. The number of hydrogen-bond donors (Lipinski definition) is 1. The van der Waals surface area contributed by atoms with Crippen LogP contribution in [0.3, 0.4) is 0 Å². The third-order valence-electron chi connectivity index (χ3n) is 2.86. The highest BCUT2D eigenvalue weighted by atomic mass is 15.5. The van der Waals surface area contributed by atoms with Crippen LogP contribution < -0.4 is 5.32 Å². The molecule has 1 aromatic carbocycles. The lowest BCUT2D eigenvalue weighted by Gasteiger charge is -2.15. The Morgan fingerprint density at radius 3 is 3.00 bits per heavy atom. The SMILES string of the molecule is CCCCC(C)Nc1cccc(-n2cnnn2)c1. The van der Waals surface area contributed by atoms with Gasteiger partial charge in [0.25, 0.3) is 0 Å². The van der Waals surface area contributed by atoms with Crippen LogP contribution in [-0.2, 0) is 0 Å². The van der Waals surface area contributed by atoms with Crippen molar-refractivity contribution < 1.29 is 0 Å². The first-order chi connectivity index (χ1) is 8.79. The van der Waals surface area contributed by atoms with Crippen molar-refractivity contribution in [2.75, 3.05) is 5.32 Å². The third kappa shape index (κ3) is 3.29. The van der Waals surface area contributed by atoms with Gasteiger partial charge in [-0.1, -0.05) is 25.8 Å². The first-order valence-corrected chi connectivity index (χ1v) is 6.39. The average molecular weight is 245 g/mol. The smallest absolute Gasteiger partial charge is 0.143 e. The molecule has 18 heavy (non-hydrogen) atoms. The van der Waals surface area contributed by atoms with Gasteiger partial charge >= 0.3 is 0 Å². The fourth-order valence-corrected chi connectivity index (χ4v) is 1.88. The summed E-state index contributed by atoms with van der Waals surface area (Å²) >= 11 is 0. The van der Waals surface area contributed by atoms with Crippen LogP contribution in [-0.4, -0.2) is 26.2 Å². The normalized spacial score (nSPS) is 12.3. The second kappa shape index (κ2) is 6.14. The van der Waals surface area contributed by atoms with Gasteiger partial charge in [-0.3, -0.25) is 0 Å². The molecule has 0 fully saturated rings. The molecule has 2 aromatic rings. The largest absolute Gasteiger partial charge is 0.383 e. The van der Waals surface area contributed by atoms with Gasteiger partial charge < -0.3 is 5.32 Å². The Kier molecular flexibility index (Phi) is 4.28. The molecule has 0 aliphatic carbocycles. The van der Waals surface area contributed by atoms with Crippen molar-refractivity contribution in [2.45, 2.75) is 39.2 Å². The predicted molar refractivity (Wildman–Crippen MR) is 71.8 cm³/mol. The zero-order chi connectivity index (χ0) is 12.8. The number of rotatable bonds is 6. The zero-order valence-corrected chi connectivity index (χ0v) is 10.9. The van der Waals surface area contributed by atoms with E-state index in [1.54, 1.807) is 11.0 Å². The van der Waals surface area contributed by atoms with E-state index in [1.807, 2.05) is 12.1 Å². The number of anilines is 1. The first kappa shape index (κ1) is 12.5. The molecule has 5 heteroatoms. The van der Waals surface area contributed by atoms with E-state index in [1.165, 1.54) is 19.3 Å². The molecule has 0 saturated heterocycles. The van der Waals surface area contributed by atoms with E-state index in [0.717, 1.165) is 11.4 Å². The summed E-state index contributed by atoms with van der Waals surface area (Å²) in [6, 6.07) is 8.59. The summed E-state index contributed by atoms with van der Waals surface area (Å²) < 4.78 is 1.65. The molecule has 1 unspecified atom stereocenters. The van der Waals surface area contributed by atoms with Gasteiger partial charge in [0, 0.05) is 11.7 Å². The van der Waals surface area contributed by atoms with Gasteiger partial charge in [0.05, 0.1) is 5.69 Å². The molecule has 5 nitrogen and oxygen atoms in total. The highest BCUT2D eigenvalue weighted by molar-refractivity contribution is 5.51. The van der Waals surface area contributed by atoms with E-state index in [9.17, 15) is 0 Å². The third-order valence-corrected chi connectivity index (χ3v) is 2.86. The maximum absolute atomic E-state index is 3.88. The number of hydrogen-bond acceptors (Lipinski definition) is 4. The molecule has 1 heterocycles. The number of nitrogens with zero attached hydrogens (tertiary/aromatic N) is 4. The lowest BCUT2D eigenvalue weighted by Crippen LogP contribution is -2.14. The fraction of sp³-hybridized carbons (Fsp3) is 0.462. The van der Waals surface area contributed by atoms with E-state index in [4.69, 9.17) is 0 Å². The molecular weight excluding hydrogens is 226 g/mol. The van der Waals surface area contributed by atoms with Crippen molar-refractivity contribution in [3.05, 3.63) is 30.6 Å². The van der Waals surface area contributed by atoms with Crippen molar-refractivity contribution >= 4 is 5.69 Å². The van der Waals surface area contributed by atoms with Gasteiger partial charge in [0.2, 0.25) is 0 Å². The Labute approximate surface area is 107 Å². The summed E-state index contributed by atoms with van der Waals surface area (Å²) in [4.78, 5) is 0. The second-order valence-electron chi connectivity index (χ2n) is 4.49. The Morgan fingerprint density at radius 2 is 2.28 bits per heavy atom. The zero-order valence-electron chi connectivity index (χ0n) is 10.9. The summed E-state index contributed by atoms with van der Waals surface area (Å²) in [5.74, 6) is 0. The summed E-state index contributed by atoms with van der Waals surface area (Å²) in [5, 5.41) is 14.7. The Morgan fingerprint density at radius 1 is 1.39 bits per heavy atom. The van der Waals surface area contributed by atoms with E-state index in [-0.39, 0.29) is 0 Å². The number of tetrazole rings is 1. The van der Waals surface area contributed by atoms with Crippen molar-refractivity contribution in [1.29, 1.82) is 0 Å². The molecule has 1 aromatic heterocycles. The van der Waals surface area contributed by atoms with E-state index in [2.05, 4.69) is 46.8 Å². The van der Waals surface area contributed by atoms with Crippen LogP contribution in [0.1, 0.15) is 33.1 Å². The van der Waals surface area contributed by atoms with Crippen LogP contribution in [0, 0.1) is 0 Å². The van der Waals surface area contributed by atoms with Gasteiger partial charge in [-0.25, -0.2) is 4.68 Å². The molecule has 0 spiro atoms. The maximum Gasteiger partial charge on any atom is 0.143 e. The van der Waals surface area contributed by atoms with Crippen LogP contribution in [0.25, 0.3) is 5.69 Å². The summed E-state index contributed by atoms with van der Waals surface area (Å²) in [6.07, 6.45) is 5.27. The Bertz CT molecular complexity index is 466.